The van der Waals surface area contributed by atoms with Crippen LogP contribution >= 0.6 is 15.9 Å². The summed E-state index contributed by atoms with van der Waals surface area (Å²) in [5, 5.41) is 8.11. The van der Waals surface area contributed by atoms with E-state index in [1.807, 2.05) is 4.57 Å². The summed E-state index contributed by atoms with van der Waals surface area (Å²) in [6, 6.07) is 1.55. The second kappa shape index (κ2) is 5.25. The van der Waals surface area contributed by atoms with Crippen LogP contribution in [0.4, 0.5) is 0 Å². The Balaban J connectivity index is 1.92. The lowest BCUT2D eigenvalue weighted by Crippen LogP contribution is -2.16. The van der Waals surface area contributed by atoms with Gasteiger partial charge in [-0.15, -0.1) is 10.2 Å². The van der Waals surface area contributed by atoms with Crippen molar-refractivity contribution in [3.05, 3.63) is 34.6 Å². The molecule has 0 N–H and O–H groups in total. The van der Waals surface area contributed by atoms with Crippen LogP contribution in [0.25, 0.3) is 0 Å². The molecule has 0 fully saturated rings. The van der Waals surface area contributed by atoms with Gasteiger partial charge in [0.1, 0.15) is 17.4 Å². The van der Waals surface area contributed by atoms with Crippen molar-refractivity contribution >= 4 is 25.8 Å². The highest BCUT2D eigenvalue weighted by atomic mass is 79.9. The molecule has 20 heavy (non-hydrogen) atoms. The van der Waals surface area contributed by atoms with Gasteiger partial charge in [-0.2, -0.15) is 0 Å². The van der Waals surface area contributed by atoms with E-state index in [-0.39, 0.29) is 10.6 Å². The molecule has 0 amide bonds. The van der Waals surface area contributed by atoms with Crippen molar-refractivity contribution < 1.29 is 8.42 Å². The van der Waals surface area contributed by atoms with E-state index < -0.39 is 9.84 Å². The number of hydrogen-bond acceptors (Lipinski definition) is 5. The summed E-state index contributed by atoms with van der Waals surface area (Å²) < 4.78 is 27.4. The number of fused-ring (bicyclic) bond motifs is 1. The molecule has 0 aliphatic carbocycles. The van der Waals surface area contributed by atoms with Gasteiger partial charge in [-0.3, -0.25) is 4.98 Å². The number of rotatable bonds is 3. The highest BCUT2D eigenvalue weighted by molar-refractivity contribution is 9.10. The number of hydrogen-bond donors (Lipinski definition) is 0. The van der Waals surface area contributed by atoms with Crippen LogP contribution in [0.5, 0.6) is 0 Å². The molecule has 3 rings (SSSR count). The van der Waals surface area contributed by atoms with Crippen molar-refractivity contribution in [3.63, 3.8) is 0 Å². The van der Waals surface area contributed by atoms with Crippen molar-refractivity contribution in [1.29, 1.82) is 0 Å². The smallest absolute Gasteiger partial charge is 0.187 e. The summed E-state index contributed by atoms with van der Waals surface area (Å²) in [5.41, 5.74) is 0. The highest BCUT2D eigenvalue weighted by Gasteiger charge is 2.23. The Hall–Kier alpha value is -1.28. The SMILES string of the molecule is O=S(=O)(Cc1nnc2n1CCCC2)c1cncc(Br)c1. The zero-order chi connectivity index (χ0) is 14.2. The highest BCUT2D eigenvalue weighted by Crippen LogP contribution is 2.21. The Bertz CT molecular complexity index is 742. The molecule has 0 bridgehead atoms. The molecule has 0 saturated heterocycles. The summed E-state index contributed by atoms with van der Waals surface area (Å²) in [5.74, 6) is 1.26. The summed E-state index contributed by atoms with van der Waals surface area (Å²) >= 11 is 3.23. The molecule has 0 saturated carbocycles. The molecule has 8 heteroatoms. The van der Waals surface area contributed by atoms with Crippen LogP contribution in [0.3, 0.4) is 0 Å². The average molecular weight is 357 g/mol. The van der Waals surface area contributed by atoms with E-state index >= 15 is 0 Å². The monoisotopic (exact) mass is 356 g/mol. The predicted octanol–water partition coefficient (Wildman–Crippen LogP) is 1.75. The summed E-state index contributed by atoms with van der Waals surface area (Å²) in [6.07, 6.45) is 5.90. The predicted molar refractivity (Wildman–Crippen MR) is 75.8 cm³/mol. The van der Waals surface area contributed by atoms with Crippen molar-refractivity contribution in [1.82, 2.24) is 19.7 Å². The lowest BCUT2D eigenvalue weighted by Gasteiger charge is -2.14. The van der Waals surface area contributed by atoms with E-state index in [4.69, 9.17) is 0 Å². The van der Waals surface area contributed by atoms with Gasteiger partial charge >= 0.3 is 0 Å². The molecule has 1 aliphatic heterocycles. The fourth-order valence-corrected chi connectivity index (χ4v) is 4.06. The van der Waals surface area contributed by atoms with Crippen LogP contribution in [0, 0.1) is 0 Å². The van der Waals surface area contributed by atoms with E-state index in [0.717, 1.165) is 31.6 Å². The lowest BCUT2D eigenvalue weighted by atomic mass is 10.2. The third kappa shape index (κ3) is 2.62. The Morgan fingerprint density at radius 3 is 2.90 bits per heavy atom. The molecule has 3 heterocycles. The molecule has 0 spiro atoms. The summed E-state index contributed by atoms with van der Waals surface area (Å²) in [4.78, 5) is 4.09. The lowest BCUT2D eigenvalue weighted by molar-refractivity contribution is 0.510. The summed E-state index contributed by atoms with van der Waals surface area (Å²) in [7, 11) is -3.46. The first-order chi connectivity index (χ1) is 9.56. The molecule has 0 atom stereocenters. The zero-order valence-corrected chi connectivity index (χ0v) is 13.1. The second-order valence-electron chi connectivity index (χ2n) is 4.74. The molecule has 0 aromatic carbocycles. The van der Waals surface area contributed by atoms with Gasteiger partial charge in [-0.1, -0.05) is 0 Å². The van der Waals surface area contributed by atoms with E-state index in [2.05, 4.69) is 31.1 Å². The molecular weight excluding hydrogens is 344 g/mol. The van der Waals surface area contributed by atoms with Gasteiger partial charge in [0.15, 0.2) is 9.84 Å². The molecule has 6 nitrogen and oxygen atoms in total. The largest absolute Gasteiger partial charge is 0.314 e. The standard InChI is InChI=1S/C12H13BrN4O2S/c13-9-5-10(7-14-6-9)20(18,19)8-12-16-15-11-3-1-2-4-17(11)12/h5-7H,1-4,8H2. The maximum Gasteiger partial charge on any atom is 0.187 e. The normalized spacial score (nSPS) is 15.1. The van der Waals surface area contributed by atoms with Gasteiger partial charge < -0.3 is 4.57 Å². The third-order valence-electron chi connectivity index (χ3n) is 3.29. The van der Waals surface area contributed by atoms with Gasteiger partial charge in [0.25, 0.3) is 0 Å². The number of halogens is 1. The number of sulfone groups is 1. The molecule has 106 valence electrons. The van der Waals surface area contributed by atoms with Gasteiger partial charge in [0, 0.05) is 29.8 Å². The topological polar surface area (TPSA) is 77.7 Å². The maximum absolute atomic E-state index is 12.4. The van der Waals surface area contributed by atoms with Crippen molar-refractivity contribution in [3.8, 4) is 0 Å². The van der Waals surface area contributed by atoms with Crippen molar-refractivity contribution in [2.75, 3.05) is 0 Å². The second-order valence-corrected chi connectivity index (χ2v) is 7.64. The number of aromatic nitrogens is 4. The van der Waals surface area contributed by atoms with Gasteiger partial charge in [-0.25, -0.2) is 8.42 Å². The van der Waals surface area contributed by atoms with Crippen LogP contribution < -0.4 is 0 Å². The van der Waals surface area contributed by atoms with Crippen LogP contribution in [0.2, 0.25) is 0 Å². The maximum atomic E-state index is 12.4. The quantitative estimate of drug-likeness (QED) is 0.836. The van der Waals surface area contributed by atoms with Crippen LogP contribution in [0.15, 0.2) is 27.8 Å². The van der Waals surface area contributed by atoms with Gasteiger partial charge in [0.2, 0.25) is 0 Å². The van der Waals surface area contributed by atoms with E-state index in [1.54, 1.807) is 12.3 Å². The van der Waals surface area contributed by atoms with Gasteiger partial charge in [0.05, 0.1) is 4.90 Å². The molecule has 2 aromatic rings. The van der Waals surface area contributed by atoms with Crippen LogP contribution in [0.1, 0.15) is 24.5 Å². The minimum atomic E-state index is -3.46. The zero-order valence-electron chi connectivity index (χ0n) is 10.7. The average Bonchev–Trinajstić information content (AvgIpc) is 2.82. The Kier molecular flexibility index (Phi) is 3.59. The number of pyridine rings is 1. The first-order valence-electron chi connectivity index (χ1n) is 6.30. The fourth-order valence-electron chi connectivity index (χ4n) is 2.29. The molecule has 2 aromatic heterocycles. The minimum absolute atomic E-state index is 0.141. The van der Waals surface area contributed by atoms with Crippen molar-refractivity contribution in [2.24, 2.45) is 0 Å². The first-order valence-corrected chi connectivity index (χ1v) is 8.75. The Morgan fingerprint density at radius 2 is 2.10 bits per heavy atom. The van der Waals surface area contributed by atoms with E-state index in [9.17, 15) is 8.42 Å². The first kappa shape index (κ1) is 13.7. The molecule has 0 radical (unpaired) electrons. The van der Waals surface area contributed by atoms with Gasteiger partial charge in [-0.05, 0) is 34.8 Å². The Labute approximate surface area is 125 Å². The van der Waals surface area contributed by atoms with Crippen LogP contribution in [-0.4, -0.2) is 28.2 Å². The van der Waals surface area contributed by atoms with E-state index in [1.165, 1.54) is 6.20 Å². The third-order valence-corrected chi connectivity index (χ3v) is 5.31. The van der Waals surface area contributed by atoms with Crippen LogP contribution in [-0.2, 0) is 28.6 Å². The number of aryl methyl sites for hydroxylation is 1. The molecule has 0 unspecified atom stereocenters. The fraction of sp³-hybridized carbons (Fsp3) is 0.417. The van der Waals surface area contributed by atoms with Crippen molar-refractivity contribution in [2.45, 2.75) is 36.5 Å². The Morgan fingerprint density at radius 1 is 1.25 bits per heavy atom. The molecule has 1 aliphatic rings. The summed E-state index contributed by atoms with van der Waals surface area (Å²) in [6.45, 7) is 0.796. The minimum Gasteiger partial charge on any atom is -0.314 e. The molecular formula is C12H13BrN4O2S. The van der Waals surface area contributed by atoms with E-state index in [0.29, 0.717) is 10.3 Å². The number of nitrogens with zero attached hydrogens (tertiary/aromatic N) is 4.